The van der Waals surface area contributed by atoms with Gasteiger partial charge in [0, 0.05) is 24.5 Å². The molecule has 1 saturated carbocycles. The fourth-order valence-corrected chi connectivity index (χ4v) is 1.80. The molecule has 1 atom stereocenters. The largest absolute Gasteiger partial charge is 0.353 e. The van der Waals surface area contributed by atoms with Crippen molar-refractivity contribution in [1.82, 2.24) is 9.55 Å². The molecule has 78 valence electrons. The van der Waals surface area contributed by atoms with Gasteiger partial charge < -0.3 is 9.88 Å². The molecule has 0 amide bonds. The van der Waals surface area contributed by atoms with Crippen LogP contribution < -0.4 is 5.32 Å². The molecule has 0 saturated heterocycles. The molecular weight excluding hydrogens is 174 g/mol. The van der Waals surface area contributed by atoms with Gasteiger partial charge in [0.1, 0.15) is 0 Å². The third-order valence-corrected chi connectivity index (χ3v) is 2.71. The number of aromatic nitrogens is 2. The van der Waals surface area contributed by atoms with Crippen LogP contribution in [0.3, 0.4) is 0 Å². The van der Waals surface area contributed by atoms with E-state index in [1.807, 2.05) is 6.20 Å². The Balaban J connectivity index is 1.97. The van der Waals surface area contributed by atoms with E-state index in [1.165, 1.54) is 25.7 Å². The maximum absolute atomic E-state index is 4.35. The lowest BCUT2D eigenvalue weighted by molar-refractivity contribution is 0.663. The molecule has 1 heterocycles. The zero-order chi connectivity index (χ0) is 9.97. The number of hydrogen-bond acceptors (Lipinski definition) is 2. The number of hydrogen-bond donors (Lipinski definition) is 1. The second-order valence-corrected chi connectivity index (χ2v) is 4.22. The van der Waals surface area contributed by atoms with E-state index in [2.05, 4.69) is 34.9 Å². The summed E-state index contributed by atoms with van der Waals surface area (Å²) in [6, 6.07) is 1.24. The van der Waals surface area contributed by atoms with Gasteiger partial charge >= 0.3 is 0 Å². The van der Waals surface area contributed by atoms with E-state index in [0.29, 0.717) is 12.1 Å². The van der Waals surface area contributed by atoms with Crippen molar-refractivity contribution in [3.8, 4) is 0 Å². The van der Waals surface area contributed by atoms with Gasteiger partial charge in [0.05, 0.1) is 0 Å². The SMILES string of the molecule is CCCC(C)Nc1nccn1C1CC1. The molecule has 0 aromatic carbocycles. The Morgan fingerprint density at radius 2 is 2.43 bits per heavy atom. The minimum absolute atomic E-state index is 0.528. The summed E-state index contributed by atoms with van der Waals surface area (Å²) in [4.78, 5) is 4.35. The highest BCUT2D eigenvalue weighted by Gasteiger charge is 2.25. The summed E-state index contributed by atoms with van der Waals surface area (Å²) in [5.74, 6) is 1.05. The van der Waals surface area contributed by atoms with E-state index in [1.54, 1.807) is 0 Å². The Labute approximate surface area is 85.5 Å². The summed E-state index contributed by atoms with van der Waals surface area (Å²) >= 11 is 0. The first-order valence-corrected chi connectivity index (χ1v) is 5.60. The highest BCUT2D eigenvalue weighted by Crippen LogP contribution is 2.36. The standard InChI is InChI=1S/C11H19N3/c1-3-4-9(2)13-11-12-7-8-14(11)10-5-6-10/h7-10H,3-6H2,1-2H3,(H,12,13). The molecule has 1 aliphatic carbocycles. The van der Waals surface area contributed by atoms with Gasteiger partial charge in [-0.1, -0.05) is 13.3 Å². The number of anilines is 1. The molecule has 1 aliphatic rings. The van der Waals surface area contributed by atoms with Gasteiger partial charge in [-0.3, -0.25) is 0 Å². The lowest BCUT2D eigenvalue weighted by atomic mass is 10.2. The number of rotatable bonds is 5. The van der Waals surface area contributed by atoms with Gasteiger partial charge in [-0.25, -0.2) is 4.98 Å². The molecule has 0 bridgehead atoms. The Hall–Kier alpha value is -0.990. The second kappa shape index (κ2) is 4.03. The predicted octanol–water partition coefficient (Wildman–Crippen LogP) is 2.82. The molecule has 3 heteroatoms. The quantitative estimate of drug-likeness (QED) is 0.779. The van der Waals surface area contributed by atoms with Crippen molar-refractivity contribution >= 4 is 5.95 Å². The van der Waals surface area contributed by atoms with Gasteiger partial charge in [0.25, 0.3) is 0 Å². The molecule has 1 unspecified atom stereocenters. The maximum Gasteiger partial charge on any atom is 0.203 e. The first-order chi connectivity index (χ1) is 6.81. The highest BCUT2D eigenvalue weighted by atomic mass is 15.2. The average Bonchev–Trinajstić information content (AvgIpc) is 2.89. The van der Waals surface area contributed by atoms with Crippen molar-refractivity contribution in [2.75, 3.05) is 5.32 Å². The van der Waals surface area contributed by atoms with Gasteiger partial charge in [-0.2, -0.15) is 0 Å². The normalized spacial score (nSPS) is 18.1. The highest BCUT2D eigenvalue weighted by molar-refractivity contribution is 5.28. The van der Waals surface area contributed by atoms with Crippen molar-refractivity contribution in [3.63, 3.8) is 0 Å². The van der Waals surface area contributed by atoms with Crippen LogP contribution in [0.1, 0.15) is 45.6 Å². The molecule has 2 rings (SSSR count). The Bertz CT molecular complexity index is 288. The van der Waals surface area contributed by atoms with E-state index < -0.39 is 0 Å². The Morgan fingerprint density at radius 3 is 3.07 bits per heavy atom. The van der Waals surface area contributed by atoms with Crippen LogP contribution in [0.25, 0.3) is 0 Å². The number of nitrogens with one attached hydrogen (secondary N) is 1. The van der Waals surface area contributed by atoms with Gasteiger partial charge in [0.15, 0.2) is 0 Å². The third kappa shape index (κ3) is 2.08. The van der Waals surface area contributed by atoms with Crippen LogP contribution >= 0.6 is 0 Å². The van der Waals surface area contributed by atoms with Gasteiger partial charge in [-0.05, 0) is 26.2 Å². The third-order valence-electron chi connectivity index (χ3n) is 2.71. The molecule has 1 N–H and O–H groups in total. The second-order valence-electron chi connectivity index (χ2n) is 4.22. The van der Waals surface area contributed by atoms with Crippen molar-refractivity contribution < 1.29 is 0 Å². The molecule has 0 spiro atoms. The fraction of sp³-hybridized carbons (Fsp3) is 0.727. The zero-order valence-electron chi connectivity index (χ0n) is 9.03. The minimum Gasteiger partial charge on any atom is -0.353 e. The summed E-state index contributed by atoms with van der Waals surface area (Å²) < 4.78 is 2.27. The molecule has 3 nitrogen and oxygen atoms in total. The molecule has 1 aromatic heterocycles. The lowest BCUT2D eigenvalue weighted by Crippen LogP contribution is -2.17. The lowest BCUT2D eigenvalue weighted by Gasteiger charge is -2.14. The van der Waals surface area contributed by atoms with Crippen LogP contribution in [-0.4, -0.2) is 15.6 Å². The molecular formula is C11H19N3. The van der Waals surface area contributed by atoms with Crippen LogP contribution in [0, 0.1) is 0 Å². The summed E-state index contributed by atoms with van der Waals surface area (Å²) in [7, 11) is 0. The summed E-state index contributed by atoms with van der Waals surface area (Å²) in [5.41, 5.74) is 0. The van der Waals surface area contributed by atoms with E-state index >= 15 is 0 Å². The van der Waals surface area contributed by atoms with Gasteiger partial charge in [0.2, 0.25) is 5.95 Å². The first-order valence-electron chi connectivity index (χ1n) is 5.60. The molecule has 1 aromatic rings. The van der Waals surface area contributed by atoms with Crippen LogP contribution in [0.4, 0.5) is 5.95 Å². The first kappa shape index (κ1) is 9.56. The number of nitrogens with zero attached hydrogens (tertiary/aromatic N) is 2. The molecule has 1 fully saturated rings. The molecule has 0 radical (unpaired) electrons. The number of imidazole rings is 1. The predicted molar refractivity (Wildman–Crippen MR) is 58.5 cm³/mol. The van der Waals surface area contributed by atoms with Gasteiger partial charge in [-0.15, -0.1) is 0 Å². The van der Waals surface area contributed by atoms with Crippen LogP contribution in [0.5, 0.6) is 0 Å². The van der Waals surface area contributed by atoms with Crippen LogP contribution in [-0.2, 0) is 0 Å². The molecule has 14 heavy (non-hydrogen) atoms. The Kier molecular flexibility index (Phi) is 2.75. The minimum atomic E-state index is 0.528. The topological polar surface area (TPSA) is 29.9 Å². The van der Waals surface area contributed by atoms with Crippen LogP contribution in [0.2, 0.25) is 0 Å². The summed E-state index contributed by atoms with van der Waals surface area (Å²) in [6.07, 6.45) is 9.02. The molecule has 0 aliphatic heterocycles. The van der Waals surface area contributed by atoms with Crippen molar-refractivity contribution in [2.24, 2.45) is 0 Å². The fourth-order valence-electron chi connectivity index (χ4n) is 1.80. The zero-order valence-corrected chi connectivity index (χ0v) is 9.03. The van der Waals surface area contributed by atoms with E-state index in [0.717, 1.165) is 5.95 Å². The van der Waals surface area contributed by atoms with E-state index in [-0.39, 0.29) is 0 Å². The monoisotopic (exact) mass is 193 g/mol. The van der Waals surface area contributed by atoms with Crippen molar-refractivity contribution in [1.29, 1.82) is 0 Å². The average molecular weight is 193 g/mol. The van der Waals surface area contributed by atoms with Crippen molar-refractivity contribution in [3.05, 3.63) is 12.4 Å². The Morgan fingerprint density at radius 1 is 1.64 bits per heavy atom. The van der Waals surface area contributed by atoms with E-state index in [4.69, 9.17) is 0 Å². The summed E-state index contributed by atoms with van der Waals surface area (Å²) in [6.45, 7) is 4.43. The van der Waals surface area contributed by atoms with Crippen LogP contribution in [0.15, 0.2) is 12.4 Å². The van der Waals surface area contributed by atoms with Crippen molar-refractivity contribution in [2.45, 2.75) is 51.6 Å². The maximum atomic E-state index is 4.35. The van der Waals surface area contributed by atoms with E-state index in [9.17, 15) is 0 Å². The summed E-state index contributed by atoms with van der Waals surface area (Å²) in [5, 5.41) is 3.46. The smallest absolute Gasteiger partial charge is 0.203 e.